The number of aliphatic carboxylic acids is 1. The van der Waals surface area contributed by atoms with E-state index in [1.54, 1.807) is 21.1 Å². The summed E-state index contributed by atoms with van der Waals surface area (Å²) in [6.07, 6.45) is -3.05. The van der Waals surface area contributed by atoms with Crippen LogP contribution in [0.3, 0.4) is 0 Å². The molecule has 0 heterocycles. The summed E-state index contributed by atoms with van der Waals surface area (Å²) in [5.41, 5.74) is 0. The molecule has 1 atom stereocenters. The van der Waals surface area contributed by atoms with Gasteiger partial charge in [0.1, 0.15) is 6.54 Å². The van der Waals surface area contributed by atoms with Crippen LogP contribution >= 0.6 is 0 Å². The molecule has 0 aromatic heterocycles. The van der Waals surface area contributed by atoms with Crippen LogP contribution in [0.25, 0.3) is 0 Å². The molecule has 0 saturated carbocycles. The van der Waals surface area contributed by atoms with Crippen LogP contribution in [0, 0.1) is 0 Å². The first-order chi connectivity index (χ1) is 7.75. The highest BCUT2D eigenvalue weighted by atomic mass is 16.5. The Bertz CT molecular complexity index is 336. The Labute approximate surface area is 89.5 Å². The number of esters is 1. The van der Waals surface area contributed by atoms with E-state index in [4.69, 9.17) is 5.48 Å². The zero-order chi connectivity index (χ0) is 14.8. The lowest BCUT2D eigenvalue weighted by Crippen LogP contribution is -2.45. The van der Waals surface area contributed by atoms with Crippen LogP contribution in [0.2, 0.25) is 0 Å². The van der Waals surface area contributed by atoms with Gasteiger partial charge in [-0.05, 0) is 0 Å². The van der Waals surface area contributed by atoms with Gasteiger partial charge >= 0.3 is 5.97 Å². The van der Waals surface area contributed by atoms with Crippen molar-refractivity contribution in [2.75, 3.05) is 27.7 Å². The van der Waals surface area contributed by atoms with Crippen LogP contribution in [-0.4, -0.2) is 50.2 Å². The minimum atomic E-state index is -3.02. The number of hydrogen-bond donors (Lipinski definition) is 0. The lowest BCUT2D eigenvalue weighted by atomic mass is 10.2. The Morgan fingerprint density at radius 3 is 2.50 bits per heavy atom. The number of carbonyl (C=O) groups excluding carboxylic acids is 2. The molecule has 0 saturated heterocycles. The van der Waals surface area contributed by atoms with Gasteiger partial charge < -0.3 is 19.1 Å². The largest absolute Gasteiger partial charge is 0.550 e. The average Bonchev–Trinajstić information content (AvgIpc) is 1.94. The molecule has 0 spiro atoms. The highest BCUT2D eigenvalue weighted by Crippen LogP contribution is 2.04. The maximum atomic E-state index is 11.2. The molecule has 0 rings (SSSR count). The van der Waals surface area contributed by atoms with E-state index in [-0.39, 0.29) is 11.0 Å². The van der Waals surface area contributed by atoms with Crippen molar-refractivity contribution in [1.82, 2.24) is 0 Å². The predicted molar refractivity (Wildman–Crippen MR) is 48.1 cm³/mol. The smallest absolute Gasteiger partial charge is 0.303 e. The van der Waals surface area contributed by atoms with Crippen molar-refractivity contribution in [2.45, 2.75) is 19.4 Å². The fraction of sp³-hybridized carbons (Fsp3) is 0.778. The van der Waals surface area contributed by atoms with Crippen molar-refractivity contribution in [3.63, 3.8) is 0 Å². The molecule has 5 heteroatoms. The molecule has 0 aromatic carbocycles. The monoisotopic (exact) mass is 207 g/mol. The van der Waals surface area contributed by atoms with Crippen LogP contribution in [0.4, 0.5) is 0 Å². The number of carboxylic acids is 1. The zero-order valence-electron chi connectivity index (χ0n) is 12.5. The van der Waals surface area contributed by atoms with Crippen molar-refractivity contribution in [2.24, 2.45) is 0 Å². The minimum absolute atomic E-state index is 0.130. The summed E-state index contributed by atoms with van der Waals surface area (Å²) in [5, 5.41) is 10.6. The second-order valence-corrected chi connectivity index (χ2v) is 3.93. The minimum Gasteiger partial charge on any atom is -0.550 e. The van der Waals surface area contributed by atoms with Crippen LogP contribution in [-0.2, 0) is 14.3 Å². The maximum absolute atomic E-state index is 11.2. The Morgan fingerprint density at radius 1 is 1.57 bits per heavy atom. The molecule has 0 fully saturated rings. The van der Waals surface area contributed by atoms with E-state index in [1.165, 1.54) is 0 Å². The van der Waals surface area contributed by atoms with Gasteiger partial charge in [0.15, 0.2) is 6.08 Å². The molecular weight excluding hydrogens is 186 g/mol. The number of likely N-dealkylation sites (N-methyl/N-ethyl adjacent to an activating group) is 1. The molecule has 82 valence electrons. The van der Waals surface area contributed by atoms with Gasteiger partial charge in [-0.25, -0.2) is 0 Å². The van der Waals surface area contributed by atoms with E-state index in [1.807, 2.05) is 0 Å². The summed E-state index contributed by atoms with van der Waals surface area (Å²) in [6.45, 7) is -3.20. The molecule has 0 bridgehead atoms. The highest BCUT2D eigenvalue weighted by molar-refractivity contribution is 5.68. The van der Waals surface area contributed by atoms with Crippen molar-refractivity contribution in [1.29, 1.82) is 0 Å². The summed E-state index contributed by atoms with van der Waals surface area (Å²) in [4.78, 5) is 21.8. The molecule has 0 amide bonds. The summed E-state index contributed by atoms with van der Waals surface area (Å²) >= 11 is 0. The maximum Gasteiger partial charge on any atom is 0.303 e. The van der Waals surface area contributed by atoms with Crippen molar-refractivity contribution >= 4 is 11.9 Å². The van der Waals surface area contributed by atoms with Gasteiger partial charge in [-0.15, -0.1) is 0 Å². The quantitative estimate of drug-likeness (QED) is 0.418. The van der Waals surface area contributed by atoms with Crippen LogP contribution in [0.15, 0.2) is 0 Å². The normalized spacial score (nSPS) is 20.8. The molecule has 0 aliphatic heterocycles. The van der Waals surface area contributed by atoms with Crippen molar-refractivity contribution in [3.05, 3.63) is 0 Å². The Morgan fingerprint density at radius 2 is 2.14 bits per heavy atom. The molecule has 0 aliphatic carbocycles. The summed E-state index contributed by atoms with van der Waals surface area (Å²) < 4.78 is 33.0. The van der Waals surface area contributed by atoms with E-state index in [0.29, 0.717) is 0 Å². The summed E-state index contributed by atoms with van der Waals surface area (Å²) in [5.74, 6) is -3.18. The number of rotatable bonds is 5. The number of quaternary nitrogens is 1. The van der Waals surface area contributed by atoms with Gasteiger partial charge in [-0.2, -0.15) is 0 Å². The Balaban J connectivity index is 5.00. The lowest BCUT2D eigenvalue weighted by Gasteiger charge is -2.28. The van der Waals surface area contributed by atoms with Gasteiger partial charge in [0.05, 0.1) is 22.5 Å². The second-order valence-electron chi connectivity index (χ2n) is 3.93. The molecule has 14 heavy (non-hydrogen) atoms. The van der Waals surface area contributed by atoms with Gasteiger partial charge in [0, 0.05) is 23.4 Å². The number of carboxylic acid groups (broad SMARTS) is 1. The first kappa shape index (κ1) is 7.23. The Hall–Kier alpha value is -1.10. The molecule has 0 aliphatic rings. The third kappa shape index (κ3) is 7.54. The summed E-state index contributed by atoms with van der Waals surface area (Å²) in [6, 6.07) is 0. The molecule has 0 aromatic rings. The van der Waals surface area contributed by atoms with E-state index < -0.39 is 31.3 Å². The first-order valence-corrected chi connectivity index (χ1v) is 3.99. The number of ether oxygens (including phenoxy) is 1. The Kier molecular flexibility index (Phi) is 2.55. The molecule has 0 unspecified atom stereocenters. The number of hydrogen-bond acceptors (Lipinski definition) is 4. The van der Waals surface area contributed by atoms with Crippen LogP contribution in [0.5, 0.6) is 0 Å². The van der Waals surface area contributed by atoms with Gasteiger partial charge in [0.2, 0.25) is 0 Å². The topological polar surface area (TPSA) is 66.4 Å². The van der Waals surface area contributed by atoms with Crippen molar-refractivity contribution < 1.29 is 29.4 Å². The molecular formula is C9H17NO4. The molecule has 0 radical (unpaired) electrons. The SMILES string of the molecule is [2H]C([2H])([2H])C(=O)O[C@@]([2H])(CC(=O)[O-])C[N+](C)(C)C. The fourth-order valence-corrected chi connectivity index (χ4v) is 0.945. The summed E-state index contributed by atoms with van der Waals surface area (Å²) in [7, 11) is 4.96. The number of nitrogens with zero attached hydrogens (tertiary/aromatic N) is 1. The van der Waals surface area contributed by atoms with Gasteiger partial charge in [-0.3, -0.25) is 4.79 Å². The fourth-order valence-electron chi connectivity index (χ4n) is 0.945. The van der Waals surface area contributed by atoms with E-state index >= 15 is 0 Å². The van der Waals surface area contributed by atoms with E-state index in [9.17, 15) is 14.7 Å². The predicted octanol–water partition coefficient (Wildman–Crippen LogP) is -1.24. The molecule has 5 nitrogen and oxygen atoms in total. The molecule has 0 N–H and O–H groups in total. The highest BCUT2D eigenvalue weighted by Gasteiger charge is 2.20. The van der Waals surface area contributed by atoms with Crippen LogP contribution in [0.1, 0.15) is 18.8 Å². The standard InChI is InChI=1S/C9H17NO4/c1-7(11)14-8(5-9(12)13)6-10(2,3)4/h8H,5-6H2,1-4H3/t8-/m0/s1/i1D3,8D. The number of carbonyl (C=O) groups is 2. The van der Waals surface area contributed by atoms with Gasteiger partial charge in [-0.1, -0.05) is 0 Å². The second kappa shape index (κ2) is 4.95. The van der Waals surface area contributed by atoms with E-state index in [0.717, 1.165) is 0 Å². The van der Waals surface area contributed by atoms with E-state index in [2.05, 4.69) is 4.74 Å². The lowest BCUT2D eigenvalue weighted by molar-refractivity contribution is -0.873. The zero-order valence-corrected chi connectivity index (χ0v) is 8.49. The third-order valence-electron chi connectivity index (χ3n) is 1.23. The van der Waals surface area contributed by atoms with Gasteiger partial charge in [0.25, 0.3) is 0 Å². The first-order valence-electron chi connectivity index (χ1n) is 5.99. The van der Waals surface area contributed by atoms with Crippen molar-refractivity contribution in [3.8, 4) is 0 Å². The van der Waals surface area contributed by atoms with Crippen LogP contribution < -0.4 is 5.11 Å². The third-order valence-corrected chi connectivity index (χ3v) is 1.23. The average molecular weight is 207 g/mol.